The summed E-state index contributed by atoms with van der Waals surface area (Å²) >= 11 is 0. The Kier molecular flexibility index (Phi) is 5.12. The molecule has 1 aromatic carbocycles. The summed E-state index contributed by atoms with van der Waals surface area (Å²) in [5, 5.41) is 10.7. The number of ether oxygens (including phenoxy) is 1. The van der Waals surface area contributed by atoms with Crippen LogP contribution in [0.15, 0.2) is 41.1 Å². The van der Waals surface area contributed by atoms with Gasteiger partial charge in [-0.2, -0.15) is 28.1 Å². The molecule has 0 bridgehead atoms. The Bertz CT molecular complexity index is 1160. The van der Waals surface area contributed by atoms with Crippen molar-refractivity contribution in [3.05, 3.63) is 48.0 Å². The van der Waals surface area contributed by atoms with E-state index in [1.807, 2.05) is 18.2 Å². The predicted molar refractivity (Wildman–Crippen MR) is 102 cm³/mol. The normalized spacial score (nSPS) is 11.6. The first-order valence-corrected chi connectivity index (χ1v) is 8.80. The van der Waals surface area contributed by atoms with E-state index in [9.17, 15) is 13.2 Å². The number of aryl methyl sites for hydroxylation is 1. The molecule has 3 aromatic heterocycles. The van der Waals surface area contributed by atoms with Crippen molar-refractivity contribution in [2.45, 2.75) is 19.6 Å². The molecule has 0 unspecified atom stereocenters. The van der Waals surface area contributed by atoms with Crippen LogP contribution >= 0.6 is 0 Å². The maximum Gasteiger partial charge on any atom is 0.422 e. The second kappa shape index (κ2) is 7.89. The van der Waals surface area contributed by atoms with Crippen molar-refractivity contribution in [2.75, 3.05) is 17.2 Å². The summed E-state index contributed by atoms with van der Waals surface area (Å²) in [6.45, 7) is 0.423. The lowest BCUT2D eigenvalue weighted by molar-refractivity contribution is -0.154. The Labute approximate surface area is 167 Å². The molecule has 0 aliphatic heterocycles. The molecule has 0 radical (unpaired) electrons. The fourth-order valence-corrected chi connectivity index (χ4v) is 2.63. The highest BCUT2D eigenvalue weighted by Gasteiger charge is 2.29. The van der Waals surface area contributed by atoms with E-state index in [1.165, 1.54) is 0 Å². The number of hydrogen-bond donors (Lipinski definition) is 3. The molecule has 0 aliphatic carbocycles. The van der Waals surface area contributed by atoms with Gasteiger partial charge >= 0.3 is 12.2 Å². The Balaban J connectivity index is 1.56. The molecule has 4 rings (SSSR count). The molecule has 0 amide bonds. The standard InChI is InChI=1S/C18H16F3N7O2/c1-10-6-13(28-30-10)8-23-15-25-16(27-17(26-15)29-9-18(19,20)21)24-12-3-2-11-4-5-22-14(11)7-12/h2-7,22H,8-9H2,1H3,(H2,23,24,25,26,27). The van der Waals surface area contributed by atoms with Gasteiger partial charge in [-0.3, -0.25) is 0 Å². The number of aromatic nitrogens is 5. The van der Waals surface area contributed by atoms with Crippen LogP contribution < -0.4 is 15.4 Å². The average molecular weight is 419 g/mol. The molecule has 3 heterocycles. The van der Waals surface area contributed by atoms with Gasteiger partial charge in [0.1, 0.15) is 11.5 Å². The SMILES string of the molecule is Cc1cc(CNc2nc(Nc3ccc4cc[nH]c4c3)nc(OCC(F)(F)F)n2)no1. The lowest BCUT2D eigenvalue weighted by Crippen LogP contribution is -2.21. The number of rotatable bonds is 7. The minimum absolute atomic E-state index is 0.0197. The second-order valence-corrected chi connectivity index (χ2v) is 6.36. The highest BCUT2D eigenvalue weighted by molar-refractivity contribution is 5.83. The van der Waals surface area contributed by atoms with Crippen molar-refractivity contribution in [3.8, 4) is 6.01 Å². The number of alkyl halides is 3. The largest absolute Gasteiger partial charge is 0.454 e. The molecule has 0 spiro atoms. The highest BCUT2D eigenvalue weighted by Crippen LogP contribution is 2.22. The fourth-order valence-electron chi connectivity index (χ4n) is 2.63. The Morgan fingerprint density at radius 1 is 1.10 bits per heavy atom. The predicted octanol–water partition coefficient (Wildman–Crippen LogP) is 3.95. The summed E-state index contributed by atoms with van der Waals surface area (Å²) in [5.74, 6) is 0.664. The number of hydrogen-bond acceptors (Lipinski definition) is 8. The van der Waals surface area contributed by atoms with Crippen molar-refractivity contribution >= 4 is 28.5 Å². The van der Waals surface area contributed by atoms with Gasteiger partial charge in [0.2, 0.25) is 11.9 Å². The smallest absolute Gasteiger partial charge is 0.422 e. The van der Waals surface area contributed by atoms with Gasteiger partial charge in [-0.25, -0.2) is 0 Å². The maximum atomic E-state index is 12.5. The maximum absolute atomic E-state index is 12.5. The fraction of sp³-hybridized carbons (Fsp3) is 0.222. The monoisotopic (exact) mass is 419 g/mol. The van der Waals surface area contributed by atoms with E-state index in [4.69, 9.17) is 9.26 Å². The van der Waals surface area contributed by atoms with Crippen molar-refractivity contribution in [2.24, 2.45) is 0 Å². The summed E-state index contributed by atoms with van der Waals surface area (Å²) < 4.78 is 47.3. The van der Waals surface area contributed by atoms with E-state index in [-0.39, 0.29) is 18.4 Å². The van der Waals surface area contributed by atoms with Crippen LogP contribution in [-0.2, 0) is 6.54 Å². The van der Waals surface area contributed by atoms with Crippen LogP contribution in [0.25, 0.3) is 10.9 Å². The Morgan fingerprint density at radius 3 is 2.70 bits per heavy atom. The van der Waals surface area contributed by atoms with E-state index in [2.05, 4.69) is 35.7 Å². The Morgan fingerprint density at radius 2 is 1.93 bits per heavy atom. The molecule has 30 heavy (non-hydrogen) atoms. The molecule has 0 atom stereocenters. The third-order valence-corrected chi connectivity index (χ3v) is 3.90. The summed E-state index contributed by atoms with van der Waals surface area (Å²) in [6.07, 6.45) is -2.72. The van der Waals surface area contributed by atoms with Gasteiger partial charge in [0, 0.05) is 23.5 Å². The van der Waals surface area contributed by atoms with Gasteiger partial charge in [0.25, 0.3) is 0 Å². The number of nitrogens with zero attached hydrogens (tertiary/aromatic N) is 4. The Hall–Kier alpha value is -3.83. The van der Waals surface area contributed by atoms with Crippen LogP contribution in [0.4, 0.5) is 30.8 Å². The molecule has 4 aromatic rings. The number of aromatic amines is 1. The summed E-state index contributed by atoms with van der Waals surface area (Å²) in [4.78, 5) is 15.1. The number of anilines is 3. The number of H-pyrrole nitrogens is 1. The molecule has 3 N–H and O–H groups in total. The highest BCUT2D eigenvalue weighted by atomic mass is 19.4. The average Bonchev–Trinajstić information content (AvgIpc) is 3.32. The van der Waals surface area contributed by atoms with Crippen LogP contribution in [0.1, 0.15) is 11.5 Å². The molecule has 12 heteroatoms. The molecular weight excluding hydrogens is 403 g/mol. The lowest BCUT2D eigenvalue weighted by atomic mass is 10.2. The molecule has 0 fully saturated rings. The summed E-state index contributed by atoms with van der Waals surface area (Å²) in [7, 11) is 0. The molecule has 0 saturated heterocycles. The summed E-state index contributed by atoms with van der Waals surface area (Å²) in [6, 6.07) is 8.65. The van der Waals surface area contributed by atoms with E-state index >= 15 is 0 Å². The first kappa shape index (κ1) is 19.5. The van der Waals surface area contributed by atoms with E-state index in [0.29, 0.717) is 17.1 Å². The van der Waals surface area contributed by atoms with Crippen molar-refractivity contribution in [1.29, 1.82) is 0 Å². The minimum atomic E-state index is -4.52. The third kappa shape index (κ3) is 4.96. The number of halogens is 3. The van der Waals surface area contributed by atoms with Gasteiger partial charge in [-0.15, -0.1) is 0 Å². The minimum Gasteiger partial charge on any atom is -0.454 e. The van der Waals surface area contributed by atoms with Gasteiger partial charge in [0.15, 0.2) is 6.61 Å². The third-order valence-electron chi connectivity index (χ3n) is 3.90. The van der Waals surface area contributed by atoms with E-state index < -0.39 is 18.8 Å². The van der Waals surface area contributed by atoms with Gasteiger partial charge in [-0.1, -0.05) is 11.2 Å². The number of nitrogens with one attached hydrogen (secondary N) is 3. The molecule has 0 saturated carbocycles. The van der Waals surface area contributed by atoms with Crippen LogP contribution in [0.2, 0.25) is 0 Å². The summed E-state index contributed by atoms with van der Waals surface area (Å²) in [5.41, 5.74) is 2.09. The number of benzene rings is 1. The second-order valence-electron chi connectivity index (χ2n) is 6.36. The molecule has 9 nitrogen and oxygen atoms in total. The molecule has 156 valence electrons. The van der Waals surface area contributed by atoms with Crippen LogP contribution in [0.5, 0.6) is 6.01 Å². The van der Waals surface area contributed by atoms with Crippen LogP contribution in [0.3, 0.4) is 0 Å². The molecular formula is C18H16F3N7O2. The molecule has 0 aliphatic rings. The van der Waals surface area contributed by atoms with Crippen molar-refractivity contribution in [3.63, 3.8) is 0 Å². The zero-order valence-corrected chi connectivity index (χ0v) is 15.6. The first-order valence-electron chi connectivity index (χ1n) is 8.80. The van der Waals surface area contributed by atoms with Crippen LogP contribution in [-0.4, -0.2) is 37.9 Å². The van der Waals surface area contributed by atoms with E-state index in [0.717, 1.165) is 10.9 Å². The van der Waals surface area contributed by atoms with Crippen LogP contribution in [0, 0.1) is 6.92 Å². The van der Waals surface area contributed by atoms with Gasteiger partial charge in [-0.05, 0) is 30.5 Å². The van der Waals surface area contributed by atoms with Gasteiger partial charge in [0.05, 0.1) is 6.54 Å². The zero-order valence-electron chi connectivity index (χ0n) is 15.6. The van der Waals surface area contributed by atoms with Crippen molar-refractivity contribution in [1.82, 2.24) is 25.1 Å². The van der Waals surface area contributed by atoms with Crippen molar-refractivity contribution < 1.29 is 22.4 Å². The lowest BCUT2D eigenvalue weighted by Gasteiger charge is -2.11. The first-order chi connectivity index (χ1) is 14.3. The number of fused-ring (bicyclic) bond motifs is 1. The van der Waals surface area contributed by atoms with Gasteiger partial charge < -0.3 is 24.9 Å². The zero-order chi connectivity index (χ0) is 21.1. The van der Waals surface area contributed by atoms with E-state index in [1.54, 1.807) is 25.3 Å². The quantitative estimate of drug-likeness (QED) is 0.413. The topological polar surface area (TPSA) is 114 Å².